The highest BCUT2D eigenvalue weighted by molar-refractivity contribution is 7.99. The number of nitrogens with two attached hydrogens (primary N) is 1. The number of pyridine rings is 2. The van der Waals surface area contributed by atoms with Gasteiger partial charge in [0.2, 0.25) is 0 Å². The highest BCUT2D eigenvalue weighted by Crippen LogP contribution is 2.51. The van der Waals surface area contributed by atoms with Crippen LogP contribution in [-0.4, -0.2) is 49.6 Å². The van der Waals surface area contributed by atoms with Gasteiger partial charge < -0.3 is 24.9 Å². The molecule has 1 aromatic carbocycles. The molecule has 2 aliphatic rings. The van der Waals surface area contributed by atoms with Gasteiger partial charge in [0, 0.05) is 36.4 Å². The number of benzene rings is 1. The predicted octanol–water partition coefficient (Wildman–Crippen LogP) is 5.76. The van der Waals surface area contributed by atoms with Crippen molar-refractivity contribution >= 4 is 47.2 Å². The quantitative estimate of drug-likeness (QED) is 0.240. The number of nitrogens with zero attached hydrogens (tertiary/aromatic N) is 6. The first-order valence-electron chi connectivity index (χ1n) is 13.9. The molecule has 1 aliphatic heterocycles. The number of rotatable bonds is 6. The fraction of sp³-hybridized carbons (Fsp3) is 0.290. The van der Waals surface area contributed by atoms with Gasteiger partial charge in [-0.15, -0.1) is 12.4 Å². The van der Waals surface area contributed by atoms with E-state index < -0.39 is 0 Å². The number of piperidine rings is 1. The van der Waals surface area contributed by atoms with Gasteiger partial charge in [-0.2, -0.15) is 0 Å². The van der Waals surface area contributed by atoms with Gasteiger partial charge in [-0.05, 0) is 54.0 Å². The molecule has 0 bridgehead atoms. The average Bonchev–Trinajstić information content (AvgIpc) is 3.59. The van der Waals surface area contributed by atoms with E-state index in [1.807, 2.05) is 35.0 Å². The number of aromatic nitrogens is 5. The van der Waals surface area contributed by atoms with Crippen LogP contribution in [0.1, 0.15) is 35.7 Å². The molecule has 12 heteroatoms. The molecule has 0 radical (unpaired) electrons. The van der Waals surface area contributed by atoms with Crippen molar-refractivity contribution in [2.24, 2.45) is 11.1 Å². The molecule has 1 atom stereocenters. The minimum Gasteiger partial charge on any atom is -0.495 e. The number of ether oxygens (including phenoxy) is 1. The zero-order valence-electron chi connectivity index (χ0n) is 23.5. The molecular formula is C31H31Cl2N7O2S. The number of anilines is 1. The number of hydrogen-bond acceptors (Lipinski definition) is 9. The molecule has 0 amide bonds. The number of fused-ring (bicyclic) bond motifs is 2. The van der Waals surface area contributed by atoms with Gasteiger partial charge in [-0.25, -0.2) is 15.0 Å². The summed E-state index contributed by atoms with van der Waals surface area (Å²) >= 11 is 8.21. The first-order chi connectivity index (χ1) is 20.5. The van der Waals surface area contributed by atoms with Crippen molar-refractivity contribution in [3.63, 3.8) is 0 Å². The van der Waals surface area contributed by atoms with Crippen molar-refractivity contribution in [2.75, 3.05) is 25.1 Å². The molecule has 1 saturated heterocycles. The first kappa shape index (κ1) is 29.7. The topological polar surface area (TPSA) is 115 Å². The van der Waals surface area contributed by atoms with E-state index in [0.717, 1.165) is 48.8 Å². The Kier molecular flexibility index (Phi) is 8.23. The number of aliphatic hydroxyl groups is 1. The molecule has 1 aliphatic carbocycles. The van der Waals surface area contributed by atoms with Crippen LogP contribution in [0.2, 0.25) is 5.02 Å². The lowest BCUT2D eigenvalue weighted by Crippen LogP contribution is -2.45. The van der Waals surface area contributed by atoms with Crippen molar-refractivity contribution in [2.45, 2.75) is 41.8 Å². The summed E-state index contributed by atoms with van der Waals surface area (Å²) in [4.78, 5) is 21.7. The highest BCUT2D eigenvalue weighted by Gasteiger charge is 2.46. The molecule has 0 unspecified atom stereocenters. The minimum absolute atomic E-state index is 0. The molecule has 0 saturated carbocycles. The largest absolute Gasteiger partial charge is 0.495 e. The Morgan fingerprint density at radius 2 is 1.88 bits per heavy atom. The van der Waals surface area contributed by atoms with Gasteiger partial charge in [0.1, 0.15) is 22.2 Å². The molecule has 4 aromatic heterocycles. The summed E-state index contributed by atoms with van der Waals surface area (Å²) in [6.45, 7) is 1.45. The Labute approximate surface area is 264 Å². The molecule has 222 valence electrons. The lowest BCUT2D eigenvalue weighted by atomic mass is 9.73. The predicted molar refractivity (Wildman–Crippen MR) is 170 cm³/mol. The van der Waals surface area contributed by atoms with E-state index in [2.05, 4.69) is 34.1 Å². The van der Waals surface area contributed by atoms with E-state index in [1.54, 1.807) is 19.5 Å². The van der Waals surface area contributed by atoms with Crippen molar-refractivity contribution in [3.8, 4) is 17.1 Å². The van der Waals surface area contributed by atoms with Crippen LogP contribution in [0.3, 0.4) is 0 Å². The molecule has 5 heterocycles. The number of hydrogen-bond donors (Lipinski definition) is 2. The summed E-state index contributed by atoms with van der Waals surface area (Å²) in [7, 11) is 1.61. The SMILES string of the molecule is COc1ccc(-c2cn3ccc(Sc4cnc(N5CCC6(CC5)Cc5ccccc5[C@H]6N)c(CO)n4)c(Cl)c3n2)nc1.Cl. The van der Waals surface area contributed by atoms with E-state index in [1.165, 1.54) is 22.9 Å². The Morgan fingerprint density at radius 3 is 2.60 bits per heavy atom. The number of aliphatic hydroxyl groups excluding tert-OH is 1. The Balaban J connectivity index is 0.00000329. The third kappa shape index (κ3) is 5.32. The van der Waals surface area contributed by atoms with Gasteiger partial charge in [0.05, 0.1) is 36.8 Å². The lowest BCUT2D eigenvalue weighted by Gasteiger charge is -2.42. The van der Waals surface area contributed by atoms with Crippen LogP contribution in [0, 0.1) is 5.41 Å². The van der Waals surface area contributed by atoms with Crippen LogP contribution in [0.5, 0.6) is 5.75 Å². The number of halogens is 2. The van der Waals surface area contributed by atoms with E-state index in [0.29, 0.717) is 32.8 Å². The van der Waals surface area contributed by atoms with Crippen LogP contribution < -0.4 is 15.4 Å². The molecule has 1 fully saturated rings. The minimum atomic E-state index is -0.200. The van der Waals surface area contributed by atoms with Gasteiger partial charge in [-0.3, -0.25) is 4.98 Å². The van der Waals surface area contributed by atoms with Gasteiger partial charge in [0.15, 0.2) is 11.5 Å². The van der Waals surface area contributed by atoms with Crippen molar-refractivity contribution < 1.29 is 9.84 Å². The Morgan fingerprint density at radius 1 is 1.07 bits per heavy atom. The van der Waals surface area contributed by atoms with E-state index in [-0.39, 0.29) is 30.5 Å². The second-order valence-electron chi connectivity index (χ2n) is 10.9. The number of imidazole rings is 1. The number of methoxy groups -OCH3 is 1. The van der Waals surface area contributed by atoms with Gasteiger partial charge >= 0.3 is 0 Å². The summed E-state index contributed by atoms with van der Waals surface area (Å²) in [5.41, 5.74) is 12.1. The Hall–Kier alpha value is -3.41. The first-order valence-corrected chi connectivity index (χ1v) is 15.1. The second kappa shape index (κ2) is 11.9. The molecule has 43 heavy (non-hydrogen) atoms. The maximum Gasteiger partial charge on any atom is 0.157 e. The molecule has 9 nitrogen and oxygen atoms in total. The van der Waals surface area contributed by atoms with Crippen LogP contribution in [-0.2, 0) is 13.0 Å². The smallest absolute Gasteiger partial charge is 0.157 e. The average molecular weight is 637 g/mol. The van der Waals surface area contributed by atoms with Crippen molar-refractivity contribution in [1.82, 2.24) is 24.3 Å². The maximum absolute atomic E-state index is 10.2. The summed E-state index contributed by atoms with van der Waals surface area (Å²) in [5, 5.41) is 11.4. The zero-order valence-corrected chi connectivity index (χ0v) is 25.9. The zero-order chi connectivity index (χ0) is 28.8. The van der Waals surface area contributed by atoms with E-state index in [9.17, 15) is 5.11 Å². The van der Waals surface area contributed by atoms with E-state index >= 15 is 0 Å². The van der Waals surface area contributed by atoms with Crippen molar-refractivity contribution in [1.29, 1.82) is 0 Å². The fourth-order valence-electron chi connectivity index (χ4n) is 6.26. The maximum atomic E-state index is 10.2. The van der Waals surface area contributed by atoms with Crippen LogP contribution >= 0.6 is 35.8 Å². The summed E-state index contributed by atoms with van der Waals surface area (Å²) in [6, 6.07) is 14.2. The van der Waals surface area contributed by atoms with Crippen molar-refractivity contribution in [3.05, 3.63) is 89.1 Å². The lowest BCUT2D eigenvalue weighted by molar-refractivity contribution is 0.186. The van der Waals surface area contributed by atoms with E-state index in [4.69, 9.17) is 37.0 Å². The molecule has 1 spiro atoms. The monoisotopic (exact) mass is 635 g/mol. The molecule has 3 N–H and O–H groups in total. The molecule has 7 rings (SSSR count). The standard InChI is InChI=1S/C31H30ClN7O2S.ClH/c1-41-20-6-7-22(34-15-20)23-17-39-11-8-25(27(32)30(39)37-23)42-26-16-35-29(24(18-40)36-26)38-12-9-31(10-13-38)14-19-4-2-3-5-21(19)28(31)33;/h2-8,11,15-17,28,40H,9-10,12-14,18,33H2,1H3;1H/t28-;/m1./s1. The van der Waals surface area contributed by atoms with Gasteiger partial charge in [-0.1, -0.05) is 47.6 Å². The Bertz CT molecular complexity index is 1770. The van der Waals surface area contributed by atoms with Crippen LogP contribution in [0.15, 0.2) is 77.2 Å². The van der Waals surface area contributed by atoms with Gasteiger partial charge in [0.25, 0.3) is 0 Å². The highest BCUT2D eigenvalue weighted by atomic mass is 35.5. The second-order valence-corrected chi connectivity index (χ2v) is 12.3. The van der Waals surface area contributed by atoms with Crippen LogP contribution in [0.4, 0.5) is 5.82 Å². The summed E-state index contributed by atoms with van der Waals surface area (Å²) < 4.78 is 7.08. The summed E-state index contributed by atoms with van der Waals surface area (Å²) in [6.07, 6.45) is 10.2. The normalized spacial score (nSPS) is 17.2. The molecular weight excluding hydrogens is 605 g/mol. The van der Waals surface area contributed by atoms with Crippen LogP contribution in [0.25, 0.3) is 17.0 Å². The summed E-state index contributed by atoms with van der Waals surface area (Å²) in [5.74, 6) is 1.41. The third-order valence-electron chi connectivity index (χ3n) is 8.58. The molecule has 5 aromatic rings. The third-order valence-corrected chi connectivity index (χ3v) is 10.0. The fourth-order valence-corrected chi connectivity index (χ4v) is 7.37.